The number of sulfonamides is 1. The molecule has 2 bridgehead atoms. The lowest BCUT2D eigenvalue weighted by atomic mass is 10.0. The molecule has 6 rings (SSSR count). The zero-order chi connectivity index (χ0) is 26.1. The van der Waals surface area contributed by atoms with E-state index >= 15 is 0 Å². The number of fused-ring (bicyclic) bond motifs is 3. The second-order valence-electron chi connectivity index (χ2n) is 9.88. The summed E-state index contributed by atoms with van der Waals surface area (Å²) < 4.78 is 29.2. The number of hydrogen-bond acceptors (Lipinski definition) is 6. The van der Waals surface area contributed by atoms with Crippen molar-refractivity contribution in [2.45, 2.75) is 44.5 Å². The van der Waals surface area contributed by atoms with Gasteiger partial charge in [-0.05, 0) is 51.0 Å². The average molecular weight is 558 g/mol. The van der Waals surface area contributed by atoms with Crippen molar-refractivity contribution in [2.75, 3.05) is 18.0 Å². The van der Waals surface area contributed by atoms with Gasteiger partial charge in [0.05, 0.1) is 15.8 Å². The highest BCUT2D eigenvalue weighted by Crippen LogP contribution is 2.41. The molecule has 192 valence electrons. The zero-order valence-electron chi connectivity index (χ0n) is 20.6. The molecule has 2 aliphatic rings. The van der Waals surface area contributed by atoms with Crippen LogP contribution in [0, 0.1) is 6.92 Å². The van der Waals surface area contributed by atoms with Crippen molar-refractivity contribution in [3.05, 3.63) is 64.4 Å². The quantitative estimate of drug-likeness (QED) is 0.341. The molecule has 2 fully saturated rings. The summed E-state index contributed by atoms with van der Waals surface area (Å²) in [6.07, 6.45) is 0.763. The van der Waals surface area contributed by atoms with Crippen LogP contribution in [0.15, 0.2) is 48.5 Å². The number of anilines is 1. The van der Waals surface area contributed by atoms with Crippen molar-refractivity contribution in [1.29, 1.82) is 0 Å². The highest BCUT2D eigenvalue weighted by atomic mass is 35.5. The standard InChI is InChI=1S/C26H26Cl2N6O2S/c1-15(2)37(35,36)33-14-19-12-20(33)13-32(19)26-30-16(3)29-25-23(17-8-10-18(27)11-9-17)24(31-34(25)26)21-6-4-5-7-22(21)28/h4-11,15,19-20H,12-14H2,1-3H3/t19-,20-/m0/s1. The molecule has 0 spiro atoms. The van der Waals surface area contributed by atoms with E-state index in [9.17, 15) is 8.42 Å². The van der Waals surface area contributed by atoms with E-state index in [-0.39, 0.29) is 12.1 Å². The van der Waals surface area contributed by atoms with E-state index in [0.717, 1.165) is 23.1 Å². The van der Waals surface area contributed by atoms with Gasteiger partial charge >= 0.3 is 0 Å². The summed E-state index contributed by atoms with van der Waals surface area (Å²) in [5.41, 5.74) is 3.90. The number of hydrogen-bond donors (Lipinski definition) is 0. The van der Waals surface area contributed by atoms with E-state index in [1.165, 1.54) is 0 Å². The molecular weight excluding hydrogens is 531 g/mol. The van der Waals surface area contributed by atoms with E-state index < -0.39 is 15.3 Å². The molecule has 4 aromatic rings. The molecule has 4 heterocycles. The van der Waals surface area contributed by atoms with E-state index in [1.807, 2.05) is 55.5 Å². The SMILES string of the molecule is Cc1nc(N2C[C@@H]3C[C@H]2CN3S(=O)(=O)C(C)C)n2nc(-c3ccccc3Cl)c(-c3ccc(Cl)cc3)c2n1. The van der Waals surface area contributed by atoms with Gasteiger partial charge in [-0.2, -0.15) is 18.9 Å². The normalized spacial score (nSPS) is 20.0. The van der Waals surface area contributed by atoms with Crippen molar-refractivity contribution < 1.29 is 8.42 Å². The van der Waals surface area contributed by atoms with Gasteiger partial charge in [0.25, 0.3) is 0 Å². The third-order valence-electron chi connectivity index (χ3n) is 7.21. The third kappa shape index (κ3) is 4.00. The van der Waals surface area contributed by atoms with Crippen LogP contribution >= 0.6 is 23.2 Å². The van der Waals surface area contributed by atoms with Gasteiger partial charge in [-0.3, -0.25) is 0 Å². The van der Waals surface area contributed by atoms with Gasteiger partial charge < -0.3 is 4.90 Å². The monoisotopic (exact) mass is 556 g/mol. The summed E-state index contributed by atoms with van der Waals surface area (Å²) in [5, 5.41) is 5.79. The largest absolute Gasteiger partial charge is 0.335 e. The average Bonchev–Trinajstić information content (AvgIpc) is 3.57. The van der Waals surface area contributed by atoms with Crippen LogP contribution in [0.3, 0.4) is 0 Å². The van der Waals surface area contributed by atoms with Crippen molar-refractivity contribution >= 4 is 44.8 Å². The predicted octanol–water partition coefficient (Wildman–Crippen LogP) is 5.07. The fourth-order valence-electron chi connectivity index (χ4n) is 5.39. The number of piperazine rings is 1. The van der Waals surface area contributed by atoms with Gasteiger partial charge in [-0.1, -0.05) is 53.5 Å². The first kappa shape index (κ1) is 24.6. The summed E-state index contributed by atoms with van der Waals surface area (Å²) in [7, 11) is -3.32. The second-order valence-corrected chi connectivity index (χ2v) is 13.2. The number of aromatic nitrogens is 4. The summed E-state index contributed by atoms with van der Waals surface area (Å²) in [6.45, 7) is 6.32. The molecule has 11 heteroatoms. The summed E-state index contributed by atoms with van der Waals surface area (Å²) in [5.74, 6) is 1.27. The molecule has 37 heavy (non-hydrogen) atoms. The maximum Gasteiger partial charge on any atom is 0.230 e. The lowest BCUT2D eigenvalue weighted by molar-refractivity contribution is 0.362. The molecule has 2 saturated heterocycles. The van der Waals surface area contributed by atoms with Crippen molar-refractivity contribution in [1.82, 2.24) is 23.9 Å². The van der Waals surface area contributed by atoms with Gasteiger partial charge in [0.1, 0.15) is 11.5 Å². The first-order chi connectivity index (χ1) is 17.6. The lowest BCUT2D eigenvalue weighted by Crippen LogP contribution is -2.51. The van der Waals surface area contributed by atoms with Crippen LogP contribution in [0.2, 0.25) is 10.0 Å². The lowest BCUT2D eigenvalue weighted by Gasteiger charge is -2.34. The molecule has 0 saturated carbocycles. The number of rotatable bonds is 5. The Kier molecular flexibility index (Phi) is 5.95. The molecule has 0 radical (unpaired) electrons. The number of aryl methyl sites for hydroxylation is 1. The van der Waals surface area contributed by atoms with E-state index in [0.29, 0.717) is 46.2 Å². The fraction of sp³-hybridized carbons (Fsp3) is 0.346. The Morgan fingerprint density at radius 2 is 1.70 bits per heavy atom. The Bertz CT molecular complexity index is 1620. The third-order valence-corrected chi connectivity index (χ3v) is 10.1. The highest BCUT2D eigenvalue weighted by molar-refractivity contribution is 7.89. The van der Waals surface area contributed by atoms with Gasteiger partial charge in [0, 0.05) is 35.8 Å². The number of halogens is 2. The predicted molar refractivity (Wildman–Crippen MR) is 147 cm³/mol. The van der Waals surface area contributed by atoms with Crippen LogP contribution in [0.4, 0.5) is 5.95 Å². The van der Waals surface area contributed by atoms with Crippen molar-refractivity contribution in [3.8, 4) is 22.4 Å². The Morgan fingerprint density at radius 3 is 2.35 bits per heavy atom. The van der Waals surface area contributed by atoms with Gasteiger partial charge in [-0.25, -0.2) is 13.4 Å². The molecule has 8 nitrogen and oxygen atoms in total. The van der Waals surface area contributed by atoms with Gasteiger partial charge in [-0.15, -0.1) is 0 Å². The molecule has 0 N–H and O–H groups in total. The molecule has 2 aromatic heterocycles. The minimum Gasteiger partial charge on any atom is -0.335 e. The van der Waals surface area contributed by atoms with Crippen LogP contribution in [0.25, 0.3) is 28.0 Å². The summed E-state index contributed by atoms with van der Waals surface area (Å²) in [4.78, 5) is 11.8. The Labute approximate surface area is 225 Å². The van der Waals surface area contributed by atoms with Crippen LogP contribution in [0.5, 0.6) is 0 Å². The number of benzene rings is 2. The summed E-state index contributed by atoms with van der Waals surface area (Å²) in [6, 6.07) is 15.1. The highest BCUT2D eigenvalue weighted by Gasteiger charge is 2.49. The van der Waals surface area contributed by atoms with Crippen LogP contribution in [-0.2, 0) is 10.0 Å². The molecule has 0 amide bonds. The van der Waals surface area contributed by atoms with Gasteiger partial charge in [0.15, 0.2) is 5.65 Å². The van der Waals surface area contributed by atoms with Crippen LogP contribution in [0.1, 0.15) is 26.1 Å². The Morgan fingerprint density at radius 1 is 0.973 bits per heavy atom. The molecule has 2 aromatic carbocycles. The molecular formula is C26H26Cl2N6O2S. The van der Waals surface area contributed by atoms with E-state index in [1.54, 1.807) is 22.7 Å². The second kappa shape index (κ2) is 8.94. The minimum atomic E-state index is -3.32. The molecule has 0 unspecified atom stereocenters. The van der Waals surface area contributed by atoms with Crippen molar-refractivity contribution in [3.63, 3.8) is 0 Å². The van der Waals surface area contributed by atoms with E-state index in [4.69, 9.17) is 38.3 Å². The maximum atomic E-state index is 12.9. The first-order valence-corrected chi connectivity index (χ1v) is 14.5. The first-order valence-electron chi connectivity index (χ1n) is 12.2. The maximum absolute atomic E-state index is 12.9. The topological polar surface area (TPSA) is 83.7 Å². The zero-order valence-corrected chi connectivity index (χ0v) is 23.0. The number of nitrogens with zero attached hydrogens (tertiary/aromatic N) is 6. The molecule has 2 aliphatic heterocycles. The van der Waals surface area contributed by atoms with Crippen molar-refractivity contribution in [2.24, 2.45) is 0 Å². The Hall–Kier alpha value is -2.72. The fourth-order valence-corrected chi connectivity index (χ4v) is 7.23. The van der Waals surface area contributed by atoms with Gasteiger partial charge in [0.2, 0.25) is 16.0 Å². The molecule has 2 atom stereocenters. The smallest absolute Gasteiger partial charge is 0.230 e. The summed E-state index contributed by atoms with van der Waals surface area (Å²) >= 11 is 12.8. The van der Waals surface area contributed by atoms with Crippen LogP contribution in [-0.4, -0.2) is 62.7 Å². The van der Waals surface area contributed by atoms with E-state index in [2.05, 4.69) is 4.90 Å². The Balaban J connectivity index is 1.51. The molecule has 0 aliphatic carbocycles. The van der Waals surface area contributed by atoms with Crippen LogP contribution < -0.4 is 4.90 Å². The minimum absolute atomic E-state index is 0.0166.